The lowest BCUT2D eigenvalue weighted by Crippen LogP contribution is -2.33. The maximum Gasteiger partial charge on any atom is 0.292 e. The molecule has 4 rings (SSSR count). The molecule has 3 heterocycles. The van der Waals surface area contributed by atoms with Crippen LogP contribution in [0.25, 0.3) is 11.3 Å². The molecule has 1 aliphatic rings. The van der Waals surface area contributed by atoms with E-state index in [1.165, 1.54) is 0 Å². The monoisotopic (exact) mass is 380 g/mol. The Bertz CT molecular complexity index is 950. The lowest BCUT2D eigenvalue weighted by Gasteiger charge is -2.32. The molecule has 0 atom stereocenters. The van der Waals surface area contributed by atoms with Crippen molar-refractivity contribution >= 4 is 22.7 Å². The van der Waals surface area contributed by atoms with Gasteiger partial charge in [0.25, 0.3) is 5.69 Å². The highest BCUT2D eigenvalue weighted by molar-refractivity contribution is 7.10. The van der Waals surface area contributed by atoms with Gasteiger partial charge in [-0.25, -0.2) is 4.98 Å². The zero-order chi connectivity index (χ0) is 18.8. The molecule has 1 saturated heterocycles. The summed E-state index contributed by atoms with van der Waals surface area (Å²) in [6.07, 6.45) is 5.46. The van der Waals surface area contributed by atoms with E-state index in [1.54, 1.807) is 29.8 Å². The number of aromatic nitrogens is 2. The Kier molecular flexibility index (Phi) is 4.85. The SMILES string of the molecule is Cc1ccc(N2CCC(c3nc(-c4ccncc4)cs3)CC2)c([N+](=O)[O-])c1. The highest BCUT2D eigenvalue weighted by Gasteiger charge is 2.27. The fraction of sp³-hybridized carbons (Fsp3) is 0.300. The topological polar surface area (TPSA) is 72.2 Å². The molecule has 27 heavy (non-hydrogen) atoms. The molecule has 6 nitrogen and oxygen atoms in total. The second-order valence-corrected chi connectivity index (χ2v) is 7.71. The molecule has 0 bridgehead atoms. The van der Waals surface area contributed by atoms with Crippen molar-refractivity contribution in [2.45, 2.75) is 25.7 Å². The third-order valence-electron chi connectivity index (χ3n) is 5.01. The molecule has 2 aromatic heterocycles. The van der Waals surface area contributed by atoms with Gasteiger partial charge < -0.3 is 4.90 Å². The van der Waals surface area contributed by atoms with Crippen molar-refractivity contribution in [2.24, 2.45) is 0 Å². The van der Waals surface area contributed by atoms with Crippen LogP contribution in [0.4, 0.5) is 11.4 Å². The molecule has 0 unspecified atom stereocenters. The molecule has 1 aliphatic heterocycles. The van der Waals surface area contributed by atoms with E-state index in [-0.39, 0.29) is 10.6 Å². The Hall–Kier alpha value is -2.80. The summed E-state index contributed by atoms with van der Waals surface area (Å²) in [6, 6.07) is 9.41. The van der Waals surface area contributed by atoms with Crippen molar-refractivity contribution in [3.8, 4) is 11.3 Å². The summed E-state index contributed by atoms with van der Waals surface area (Å²) in [5, 5.41) is 14.7. The van der Waals surface area contributed by atoms with Gasteiger partial charge in [-0.3, -0.25) is 15.1 Å². The number of benzene rings is 1. The van der Waals surface area contributed by atoms with Gasteiger partial charge in [0.15, 0.2) is 0 Å². The lowest BCUT2D eigenvalue weighted by molar-refractivity contribution is -0.384. The van der Waals surface area contributed by atoms with Gasteiger partial charge in [0.1, 0.15) is 5.69 Å². The van der Waals surface area contributed by atoms with Crippen molar-refractivity contribution < 1.29 is 4.92 Å². The molecule has 1 aromatic carbocycles. The fourth-order valence-corrected chi connectivity index (χ4v) is 4.55. The summed E-state index contributed by atoms with van der Waals surface area (Å²) in [7, 11) is 0. The number of aryl methyl sites for hydroxylation is 1. The number of nitro groups is 1. The Morgan fingerprint density at radius 1 is 1.19 bits per heavy atom. The Morgan fingerprint density at radius 3 is 2.63 bits per heavy atom. The van der Waals surface area contributed by atoms with E-state index in [0.29, 0.717) is 5.92 Å². The number of piperidine rings is 1. The van der Waals surface area contributed by atoms with E-state index in [2.05, 4.69) is 15.3 Å². The zero-order valence-electron chi connectivity index (χ0n) is 15.0. The first-order chi connectivity index (χ1) is 13.1. The maximum atomic E-state index is 11.4. The van der Waals surface area contributed by atoms with Crippen LogP contribution in [-0.2, 0) is 0 Å². The molecular weight excluding hydrogens is 360 g/mol. The van der Waals surface area contributed by atoms with Gasteiger partial charge in [-0.1, -0.05) is 6.07 Å². The van der Waals surface area contributed by atoms with Crippen LogP contribution in [0.15, 0.2) is 48.1 Å². The van der Waals surface area contributed by atoms with Crippen LogP contribution in [-0.4, -0.2) is 28.0 Å². The van der Waals surface area contributed by atoms with Crippen molar-refractivity contribution in [2.75, 3.05) is 18.0 Å². The number of nitro benzene ring substituents is 1. The minimum atomic E-state index is -0.282. The van der Waals surface area contributed by atoms with Crippen LogP contribution < -0.4 is 4.90 Å². The molecule has 0 aliphatic carbocycles. The summed E-state index contributed by atoms with van der Waals surface area (Å²) in [4.78, 5) is 22.1. The van der Waals surface area contributed by atoms with Crippen molar-refractivity contribution in [1.82, 2.24) is 9.97 Å². The molecule has 0 N–H and O–H groups in total. The second-order valence-electron chi connectivity index (χ2n) is 6.82. The minimum absolute atomic E-state index is 0.197. The third kappa shape index (κ3) is 3.68. The number of nitrogens with zero attached hydrogens (tertiary/aromatic N) is 4. The first kappa shape index (κ1) is 17.6. The van der Waals surface area contributed by atoms with E-state index in [0.717, 1.165) is 53.4 Å². The molecule has 3 aromatic rings. The number of hydrogen-bond donors (Lipinski definition) is 0. The van der Waals surface area contributed by atoms with Crippen molar-refractivity contribution in [3.63, 3.8) is 0 Å². The normalized spacial score (nSPS) is 15.1. The van der Waals surface area contributed by atoms with Crippen LogP contribution in [0.5, 0.6) is 0 Å². The van der Waals surface area contributed by atoms with Crippen LogP contribution in [0.2, 0.25) is 0 Å². The van der Waals surface area contributed by atoms with Crippen LogP contribution in [0.1, 0.15) is 29.3 Å². The lowest BCUT2D eigenvalue weighted by atomic mass is 9.96. The van der Waals surface area contributed by atoms with Crippen LogP contribution in [0, 0.1) is 17.0 Å². The Balaban J connectivity index is 1.47. The van der Waals surface area contributed by atoms with Crippen LogP contribution >= 0.6 is 11.3 Å². The van der Waals surface area contributed by atoms with Gasteiger partial charge in [0.2, 0.25) is 0 Å². The fourth-order valence-electron chi connectivity index (χ4n) is 3.54. The quantitative estimate of drug-likeness (QED) is 0.480. The Labute approximate surface area is 161 Å². The summed E-state index contributed by atoms with van der Waals surface area (Å²) in [5.41, 5.74) is 3.91. The van der Waals surface area contributed by atoms with E-state index < -0.39 is 0 Å². The third-order valence-corrected chi connectivity index (χ3v) is 6.02. The van der Waals surface area contributed by atoms with Gasteiger partial charge in [-0.05, 0) is 43.5 Å². The molecule has 138 valence electrons. The van der Waals surface area contributed by atoms with Crippen molar-refractivity contribution in [3.05, 3.63) is 68.8 Å². The van der Waals surface area contributed by atoms with E-state index in [4.69, 9.17) is 4.98 Å². The highest BCUT2D eigenvalue weighted by Crippen LogP contribution is 2.36. The molecule has 1 fully saturated rings. The second kappa shape index (κ2) is 7.44. The molecular formula is C20H20N4O2S. The summed E-state index contributed by atoms with van der Waals surface area (Å²) in [6.45, 7) is 3.49. The summed E-state index contributed by atoms with van der Waals surface area (Å²) < 4.78 is 0. The van der Waals surface area contributed by atoms with Gasteiger partial charge >= 0.3 is 0 Å². The predicted molar refractivity (Wildman–Crippen MR) is 107 cm³/mol. The smallest absolute Gasteiger partial charge is 0.292 e. The summed E-state index contributed by atoms with van der Waals surface area (Å²) >= 11 is 1.70. The van der Waals surface area contributed by atoms with Crippen molar-refractivity contribution in [1.29, 1.82) is 0 Å². The summed E-state index contributed by atoms with van der Waals surface area (Å²) in [5.74, 6) is 0.409. The predicted octanol–water partition coefficient (Wildman–Crippen LogP) is 4.81. The average Bonchev–Trinajstić information content (AvgIpc) is 3.19. The highest BCUT2D eigenvalue weighted by atomic mass is 32.1. The number of anilines is 1. The van der Waals surface area contributed by atoms with E-state index in [9.17, 15) is 10.1 Å². The first-order valence-corrected chi connectivity index (χ1v) is 9.85. The average molecular weight is 380 g/mol. The number of hydrogen-bond acceptors (Lipinski definition) is 6. The minimum Gasteiger partial charge on any atom is -0.366 e. The molecule has 0 saturated carbocycles. The van der Waals surface area contributed by atoms with Gasteiger partial charge in [0, 0.05) is 48.4 Å². The zero-order valence-corrected chi connectivity index (χ0v) is 15.9. The Morgan fingerprint density at radius 2 is 1.93 bits per heavy atom. The number of thiazole rings is 1. The van der Waals surface area contributed by atoms with Gasteiger partial charge in [0.05, 0.1) is 15.6 Å². The largest absolute Gasteiger partial charge is 0.366 e. The molecule has 0 spiro atoms. The van der Waals surface area contributed by atoms with E-state index >= 15 is 0 Å². The van der Waals surface area contributed by atoms with Gasteiger partial charge in [-0.2, -0.15) is 0 Å². The molecule has 0 radical (unpaired) electrons. The first-order valence-electron chi connectivity index (χ1n) is 8.97. The van der Waals surface area contributed by atoms with Gasteiger partial charge in [-0.15, -0.1) is 11.3 Å². The molecule has 0 amide bonds. The number of rotatable bonds is 4. The van der Waals surface area contributed by atoms with E-state index in [1.807, 2.05) is 31.2 Å². The standard InChI is InChI=1S/C20H20N4O2S/c1-14-2-3-18(19(12-14)24(25)26)23-10-6-16(7-11-23)20-22-17(13-27-20)15-4-8-21-9-5-15/h2-5,8-9,12-13,16H,6-7,10-11H2,1H3. The number of pyridine rings is 1. The maximum absolute atomic E-state index is 11.4. The molecule has 7 heteroatoms. The van der Waals surface area contributed by atoms with Crippen LogP contribution in [0.3, 0.4) is 0 Å².